The molecule has 1 aromatic carbocycles. The maximum atomic E-state index is 11.5. The van der Waals surface area contributed by atoms with Crippen LogP contribution < -0.4 is 4.74 Å². The van der Waals surface area contributed by atoms with Crippen molar-refractivity contribution in [2.24, 2.45) is 5.92 Å². The van der Waals surface area contributed by atoms with Crippen LogP contribution in [0.15, 0.2) is 18.2 Å². The molecule has 1 heterocycles. The van der Waals surface area contributed by atoms with E-state index in [0.717, 1.165) is 24.3 Å². The smallest absolute Gasteiger partial charge is 0.159 e. The molecule has 1 aliphatic rings. The molecule has 0 amide bonds. The number of aliphatic hydroxyl groups is 1. The molecular weight excluding hydrogens is 254 g/mol. The van der Waals surface area contributed by atoms with Crippen molar-refractivity contribution in [1.82, 2.24) is 4.90 Å². The van der Waals surface area contributed by atoms with Crippen LogP contribution in [0, 0.1) is 5.92 Å². The molecule has 2 atom stereocenters. The SMILES string of the molecule is COc1ccc(C(C)=O)cc1CN1CCC(C)C1CO. The first-order valence-corrected chi connectivity index (χ1v) is 7.09. The van der Waals surface area contributed by atoms with Gasteiger partial charge in [-0.05, 0) is 44.0 Å². The number of Topliss-reactive ketones (excluding diaryl/α,β-unsaturated/α-hetero) is 1. The monoisotopic (exact) mass is 277 g/mol. The van der Waals surface area contributed by atoms with Gasteiger partial charge in [-0.25, -0.2) is 0 Å². The van der Waals surface area contributed by atoms with E-state index in [1.54, 1.807) is 20.1 Å². The van der Waals surface area contributed by atoms with Gasteiger partial charge in [-0.2, -0.15) is 0 Å². The fourth-order valence-electron chi connectivity index (χ4n) is 2.92. The van der Waals surface area contributed by atoms with Crippen LogP contribution in [0.2, 0.25) is 0 Å². The molecule has 0 bridgehead atoms. The van der Waals surface area contributed by atoms with Crippen molar-refractivity contribution in [2.75, 3.05) is 20.3 Å². The van der Waals surface area contributed by atoms with Crippen LogP contribution in [0.5, 0.6) is 5.75 Å². The van der Waals surface area contributed by atoms with Gasteiger partial charge in [-0.1, -0.05) is 6.92 Å². The largest absolute Gasteiger partial charge is 0.496 e. The maximum absolute atomic E-state index is 11.5. The summed E-state index contributed by atoms with van der Waals surface area (Å²) >= 11 is 0. The van der Waals surface area contributed by atoms with E-state index in [1.165, 1.54) is 0 Å². The zero-order valence-electron chi connectivity index (χ0n) is 12.4. The molecule has 110 valence electrons. The number of nitrogens with zero attached hydrogens (tertiary/aromatic N) is 1. The minimum absolute atomic E-state index is 0.0578. The summed E-state index contributed by atoms with van der Waals surface area (Å²) in [5, 5.41) is 9.53. The highest BCUT2D eigenvalue weighted by Crippen LogP contribution is 2.28. The molecule has 0 saturated carbocycles. The van der Waals surface area contributed by atoms with Gasteiger partial charge in [-0.3, -0.25) is 9.69 Å². The summed E-state index contributed by atoms with van der Waals surface area (Å²) in [6, 6.07) is 5.74. The van der Waals surface area contributed by atoms with Crippen molar-refractivity contribution in [2.45, 2.75) is 32.9 Å². The molecule has 0 aliphatic carbocycles. The van der Waals surface area contributed by atoms with Gasteiger partial charge < -0.3 is 9.84 Å². The molecule has 4 nitrogen and oxygen atoms in total. The third-order valence-corrected chi connectivity index (χ3v) is 4.24. The molecule has 1 fully saturated rings. The summed E-state index contributed by atoms with van der Waals surface area (Å²) in [4.78, 5) is 13.8. The minimum atomic E-state index is 0.0578. The van der Waals surface area contributed by atoms with Gasteiger partial charge in [0.15, 0.2) is 5.78 Å². The third-order valence-electron chi connectivity index (χ3n) is 4.24. The second kappa shape index (κ2) is 6.37. The number of rotatable bonds is 5. The normalized spacial score (nSPS) is 23.0. The first-order chi connectivity index (χ1) is 9.56. The van der Waals surface area contributed by atoms with E-state index in [9.17, 15) is 9.90 Å². The number of hydrogen-bond acceptors (Lipinski definition) is 4. The Bertz CT molecular complexity index is 487. The molecule has 1 N–H and O–H groups in total. The molecule has 1 aliphatic heterocycles. The zero-order valence-corrected chi connectivity index (χ0v) is 12.4. The summed E-state index contributed by atoms with van der Waals surface area (Å²) in [5.74, 6) is 1.36. The van der Waals surface area contributed by atoms with Crippen molar-refractivity contribution < 1.29 is 14.6 Å². The van der Waals surface area contributed by atoms with Crippen molar-refractivity contribution in [3.05, 3.63) is 29.3 Å². The number of methoxy groups -OCH3 is 1. The predicted molar refractivity (Wildman–Crippen MR) is 78.1 cm³/mol. The highest BCUT2D eigenvalue weighted by molar-refractivity contribution is 5.94. The summed E-state index contributed by atoms with van der Waals surface area (Å²) in [7, 11) is 1.64. The Balaban J connectivity index is 2.23. The Kier molecular flexibility index (Phi) is 4.78. The molecule has 2 unspecified atom stereocenters. The van der Waals surface area contributed by atoms with Crippen molar-refractivity contribution >= 4 is 5.78 Å². The van der Waals surface area contributed by atoms with Gasteiger partial charge in [0.1, 0.15) is 5.75 Å². The number of carbonyl (C=O) groups is 1. The second-order valence-corrected chi connectivity index (χ2v) is 5.57. The molecule has 0 spiro atoms. The van der Waals surface area contributed by atoms with Gasteiger partial charge >= 0.3 is 0 Å². The highest BCUT2D eigenvalue weighted by atomic mass is 16.5. The first-order valence-electron chi connectivity index (χ1n) is 7.09. The van der Waals surface area contributed by atoms with Crippen LogP contribution in [-0.2, 0) is 6.54 Å². The standard InChI is InChI=1S/C16H23NO3/c1-11-6-7-17(15(11)10-18)9-14-8-13(12(2)19)4-5-16(14)20-3/h4-5,8,11,15,18H,6-7,9-10H2,1-3H3. The van der Waals surface area contributed by atoms with Crippen molar-refractivity contribution in [1.29, 1.82) is 0 Å². The summed E-state index contributed by atoms with van der Waals surface area (Å²) in [6.45, 7) is 5.60. The number of ketones is 1. The Labute approximate surface area is 120 Å². The van der Waals surface area contributed by atoms with Crippen LogP contribution in [0.3, 0.4) is 0 Å². The summed E-state index contributed by atoms with van der Waals surface area (Å²) < 4.78 is 5.39. The van der Waals surface area contributed by atoms with Crippen molar-refractivity contribution in [3.8, 4) is 5.75 Å². The molecule has 0 radical (unpaired) electrons. The Morgan fingerprint density at radius 2 is 2.25 bits per heavy atom. The Morgan fingerprint density at radius 3 is 2.85 bits per heavy atom. The fourth-order valence-corrected chi connectivity index (χ4v) is 2.92. The molecule has 20 heavy (non-hydrogen) atoms. The molecule has 1 aromatic rings. The van der Waals surface area contributed by atoms with E-state index >= 15 is 0 Å². The number of likely N-dealkylation sites (tertiary alicyclic amines) is 1. The topological polar surface area (TPSA) is 49.8 Å². The van der Waals surface area contributed by atoms with Crippen LogP contribution in [0.4, 0.5) is 0 Å². The molecule has 1 saturated heterocycles. The van der Waals surface area contributed by atoms with Gasteiger partial charge in [0.2, 0.25) is 0 Å². The van der Waals surface area contributed by atoms with Crippen LogP contribution in [0.25, 0.3) is 0 Å². The van der Waals surface area contributed by atoms with Crippen LogP contribution in [-0.4, -0.2) is 42.1 Å². The van der Waals surface area contributed by atoms with E-state index in [1.807, 2.05) is 12.1 Å². The lowest BCUT2D eigenvalue weighted by molar-refractivity contribution is 0.101. The third kappa shape index (κ3) is 3.02. The zero-order chi connectivity index (χ0) is 14.7. The predicted octanol–water partition coefficient (Wildman–Crippen LogP) is 2.10. The lowest BCUT2D eigenvalue weighted by Crippen LogP contribution is -2.34. The highest BCUT2D eigenvalue weighted by Gasteiger charge is 2.30. The van der Waals surface area contributed by atoms with E-state index < -0.39 is 0 Å². The quantitative estimate of drug-likeness (QED) is 0.837. The van der Waals surface area contributed by atoms with E-state index in [-0.39, 0.29) is 18.4 Å². The van der Waals surface area contributed by atoms with Gasteiger partial charge in [0.05, 0.1) is 13.7 Å². The molecular formula is C16H23NO3. The Morgan fingerprint density at radius 1 is 1.50 bits per heavy atom. The summed E-state index contributed by atoms with van der Waals surface area (Å²) in [6.07, 6.45) is 1.10. The van der Waals surface area contributed by atoms with Crippen LogP contribution in [0.1, 0.15) is 36.2 Å². The lowest BCUT2D eigenvalue weighted by atomic mass is 10.0. The number of aliphatic hydroxyl groups excluding tert-OH is 1. The lowest BCUT2D eigenvalue weighted by Gasteiger charge is -2.25. The minimum Gasteiger partial charge on any atom is -0.496 e. The molecule has 2 rings (SSSR count). The van der Waals surface area contributed by atoms with Crippen LogP contribution >= 0.6 is 0 Å². The average Bonchev–Trinajstić information content (AvgIpc) is 2.78. The second-order valence-electron chi connectivity index (χ2n) is 5.57. The summed E-state index contributed by atoms with van der Waals surface area (Å²) in [5.41, 5.74) is 1.71. The average molecular weight is 277 g/mol. The van der Waals surface area contributed by atoms with Crippen molar-refractivity contribution in [3.63, 3.8) is 0 Å². The number of ether oxygens (including phenoxy) is 1. The van der Waals surface area contributed by atoms with E-state index in [4.69, 9.17) is 4.74 Å². The van der Waals surface area contributed by atoms with Gasteiger partial charge in [0, 0.05) is 23.7 Å². The number of carbonyl (C=O) groups excluding carboxylic acids is 1. The fraction of sp³-hybridized carbons (Fsp3) is 0.562. The molecule has 4 heteroatoms. The van der Waals surface area contributed by atoms with Gasteiger partial charge in [0.25, 0.3) is 0 Å². The van der Waals surface area contributed by atoms with E-state index in [2.05, 4.69) is 11.8 Å². The number of hydrogen-bond donors (Lipinski definition) is 1. The maximum Gasteiger partial charge on any atom is 0.159 e. The van der Waals surface area contributed by atoms with E-state index in [0.29, 0.717) is 18.0 Å². The first kappa shape index (κ1) is 15.0. The Hall–Kier alpha value is -1.39. The number of benzene rings is 1. The molecule has 0 aromatic heterocycles. The van der Waals surface area contributed by atoms with Gasteiger partial charge in [-0.15, -0.1) is 0 Å².